The molecule has 4 heteroatoms. The third-order valence-corrected chi connectivity index (χ3v) is 3.23. The Kier molecular flexibility index (Phi) is 3.96. The second-order valence-corrected chi connectivity index (χ2v) is 4.59. The van der Waals surface area contributed by atoms with Crippen LogP contribution in [0, 0.1) is 11.3 Å². The Hall–Kier alpha value is -1.86. The predicted molar refractivity (Wildman–Crippen MR) is 66.7 cm³/mol. The number of nitriles is 1. The summed E-state index contributed by atoms with van der Waals surface area (Å²) in [5, 5.41) is 18.0. The van der Waals surface area contributed by atoms with Gasteiger partial charge in [-0.1, -0.05) is 12.1 Å². The van der Waals surface area contributed by atoms with Crippen molar-refractivity contribution < 1.29 is 9.90 Å². The molecule has 1 heterocycles. The molecule has 0 spiro atoms. The predicted octanol–water partition coefficient (Wildman–Crippen LogP) is 1.08. The standard InChI is InChI=1S/C14H16N2O2/c15-9-12-3-1-11(2-4-12)5-6-14(18)16-8-7-13(17)10-16/h1-4,13,17H,5-8,10H2/t13-/m1/s1. The normalized spacial score (nSPS) is 18.7. The van der Waals surface area contributed by atoms with Crippen LogP contribution in [-0.2, 0) is 11.2 Å². The van der Waals surface area contributed by atoms with Gasteiger partial charge in [-0.25, -0.2) is 0 Å². The van der Waals surface area contributed by atoms with Crippen LogP contribution in [0.5, 0.6) is 0 Å². The van der Waals surface area contributed by atoms with Gasteiger partial charge in [0.1, 0.15) is 0 Å². The number of carbonyl (C=O) groups is 1. The number of amides is 1. The van der Waals surface area contributed by atoms with E-state index >= 15 is 0 Å². The van der Waals surface area contributed by atoms with E-state index in [4.69, 9.17) is 5.26 Å². The third kappa shape index (κ3) is 3.08. The van der Waals surface area contributed by atoms with E-state index in [-0.39, 0.29) is 12.0 Å². The van der Waals surface area contributed by atoms with E-state index in [0.29, 0.717) is 37.9 Å². The van der Waals surface area contributed by atoms with Crippen molar-refractivity contribution in [2.45, 2.75) is 25.4 Å². The lowest BCUT2D eigenvalue weighted by Crippen LogP contribution is -2.29. The Bertz CT molecular complexity index is 462. The number of nitrogens with zero attached hydrogens (tertiary/aromatic N) is 2. The van der Waals surface area contributed by atoms with Crippen LogP contribution in [0.25, 0.3) is 0 Å². The van der Waals surface area contributed by atoms with Crippen molar-refractivity contribution in [3.05, 3.63) is 35.4 Å². The molecule has 1 aromatic rings. The minimum Gasteiger partial charge on any atom is -0.391 e. The molecule has 1 saturated heterocycles. The SMILES string of the molecule is N#Cc1ccc(CCC(=O)N2CC[C@@H](O)C2)cc1. The number of aryl methyl sites for hydroxylation is 1. The Morgan fingerprint density at radius 1 is 1.44 bits per heavy atom. The van der Waals surface area contributed by atoms with Crippen molar-refractivity contribution in [2.75, 3.05) is 13.1 Å². The van der Waals surface area contributed by atoms with Crippen molar-refractivity contribution in [2.24, 2.45) is 0 Å². The van der Waals surface area contributed by atoms with Crippen LogP contribution in [0.2, 0.25) is 0 Å². The minimum absolute atomic E-state index is 0.0934. The number of aliphatic hydroxyl groups excluding tert-OH is 1. The van der Waals surface area contributed by atoms with E-state index < -0.39 is 0 Å². The topological polar surface area (TPSA) is 64.3 Å². The van der Waals surface area contributed by atoms with Gasteiger partial charge in [-0.05, 0) is 30.5 Å². The number of β-amino-alcohol motifs (C(OH)–C–C–N with tert-alkyl or cyclic N) is 1. The quantitative estimate of drug-likeness (QED) is 0.865. The second kappa shape index (κ2) is 5.65. The summed E-state index contributed by atoms with van der Waals surface area (Å²) in [5.41, 5.74) is 1.69. The maximum atomic E-state index is 11.8. The summed E-state index contributed by atoms with van der Waals surface area (Å²) in [6, 6.07) is 9.35. The Morgan fingerprint density at radius 2 is 2.17 bits per heavy atom. The number of hydrogen-bond acceptors (Lipinski definition) is 3. The van der Waals surface area contributed by atoms with Gasteiger partial charge in [0, 0.05) is 19.5 Å². The molecule has 1 aliphatic heterocycles. The first-order valence-corrected chi connectivity index (χ1v) is 6.14. The highest BCUT2D eigenvalue weighted by Crippen LogP contribution is 2.12. The molecular weight excluding hydrogens is 228 g/mol. The van der Waals surface area contributed by atoms with Crippen molar-refractivity contribution in [3.63, 3.8) is 0 Å². The van der Waals surface area contributed by atoms with Crippen molar-refractivity contribution in [1.82, 2.24) is 4.90 Å². The molecule has 18 heavy (non-hydrogen) atoms. The average Bonchev–Trinajstić information content (AvgIpc) is 2.83. The molecule has 0 saturated carbocycles. The highest BCUT2D eigenvalue weighted by molar-refractivity contribution is 5.76. The van der Waals surface area contributed by atoms with Crippen LogP contribution in [-0.4, -0.2) is 35.1 Å². The van der Waals surface area contributed by atoms with Crippen LogP contribution in [0.4, 0.5) is 0 Å². The van der Waals surface area contributed by atoms with E-state index in [1.54, 1.807) is 17.0 Å². The van der Waals surface area contributed by atoms with Crippen molar-refractivity contribution in [3.8, 4) is 6.07 Å². The van der Waals surface area contributed by atoms with Gasteiger partial charge >= 0.3 is 0 Å². The highest BCUT2D eigenvalue weighted by Gasteiger charge is 2.23. The fourth-order valence-corrected chi connectivity index (χ4v) is 2.12. The summed E-state index contributed by atoms with van der Waals surface area (Å²) in [4.78, 5) is 13.6. The van der Waals surface area contributed by atoms with Gasteiger partial charge in [0.25, 0.3) is 0 Å². The summed E-state index contributed by atoms with van der Waals surface area (Å²) in [6.07, 6.45) is 1.46. The van der Waals surface area contributed by atoms with Crippen LogP contribution in [0.1, 0.15) is 24.0 Å². The zero-order valence-corrected chi connectivity index (χ0v) is 10.2. The Morgan fingerprint density at radius 3 is 2.72 bits per heavy atom. The van der Waals surface area contributed by atoms with Crippen LogP contribution >= 0.6 is 0 Å². The molecule has 1 aliphatic rings. The minimum atomic E-state index is -0.358. The van der Waals surface area contributed by atoms with Crippen LogP contribution < -0.4 is 0 Å². The monoisotopic (exact) mass is 244 g/mol. The van der Waals surface area contributed by atoms with E-state index in [2.05, 4.69) is 6.07 Å². The van der Waals surface area contributed by atoms with Crippen LogP contribution in [0.15, 0.2) is 24.3 Å². The average molecular weight is 244 g/mol. The van der Waals surface area contributed by atoms with Gasteiger partial charge < -0.3 is 10.0 Å². The summed E-state index contributed by atoms with van der Waals surface area (Å²) in [6.45, 7) is 1.12. The third-order valence-electron chi connectivity index (χ3n) is 3.23. The molecule has 0 bridgehead atoms. The lowest BCUT2D eigenvalue weighted by Gasteiger charge is -2.15. The number of aliphatic hydroxyl groups is 1. The molecule has 1 fully saturated rings. The first kappa shape index (κ1) is 12.6. The summed E-state index contributed by atoms with van der Waals surface area (Å²) in [7, 11) is 0. The number of carbonyl (C=O) groups excluding carboxylic acids is 1. The number of hydrogen-bond donors (Lipinski definition) is 1. The van der Waals surface area contributed by atoms with Gasteiger partial charge in [-0.15, -0.1) is 0 Å². The van der Waals surface area contributed by atoms with Crippen molar-refractivity contribution in [1.29, 1.82) is 5.26 Å². The number of rotatable bonds is 3. The molecule has 4 nitrogen and oxygen atoms in total. The summed E-state index contributed by atoms with van der Waals surface area (Å²) >= 11 is 0. The van der Waals surface area contributed by atoms with E-state index in [0.717, 1.165) is 5.56 Å². The Labute approximate surface area is 106 Å². The largest absolute Gasteiger partial charge is 0.391 e. The summed E-state index contributed by atoms with van der Waals surface area (Å²) in [5.74, 6) is 0.0934. The smallest absolute Gasteiger partial charge is 0.222 e. The van der Waals surface area contributed by atoms with Gasteiger partial charge in [0.05, 0.1) is 17.7 Å². The number of benzene rings is 1. The second-order valence-electron chi connectivity index (χ2n) is 4.59. The van der Waals surface area contributed by atoms with Gasteiger partial charge in [0.2, 0.25) is 5.91 Å². The van der Waals surface area contributed by atoms with Gasteiger partial charge in [0.15, 0.2) is 0 Å². The Balaban J connectivity index is 1.84. The van der Waals surface area contributed by atoms with E-state index in [1.807, 2.05) is 12.1 Å². The summed E-state index contributed by atoms with van der Waals surface area (Å²) < 4.78 is 0. The van der Waals surface area contributed by atoms with E-state index in [1.165, 1.54) is 0 Å². The first-order chi connectivity index (χ1) is 8.69. The van der Waals surface area contributed by atoms with Crippen molar-refractivity contribution >= 4 is 5.91 Å². The zero-order chi connectivity index (χ0) is 13.0. The lowest BCUT2D eigenvalue weighted by atomic mass is 10.1. The zero-order valence-electron chi connectivity index (χ0n) is 10.2. The molecule has 1 aromatic carbocycles. The lowest BCUT2D eigenvalue weighted by molar-refractivity contribution is -0.130. The molecule has 0 unspecified atom stereocenters. The molecule has 1 atom stereocenters. The molecule has 0 aliphatic carbocycles. The van der Waals surface area contributed by atoms with Gasteiger partial charge in [-0.2, -0.15) is 5.26 Å². The molecule has 1 N–H and O–H groups in total. The number of likely N-dealkylation sites (tertiary alicyclic amines) is 1. The first-order valence-electron chi connectivity index (χ1n) is 6.14. The van der Waals surface area contributed by atoms with Gasteiger partial charge in [-0.3, -0.25) is 4.79 Å². The molecule has 94 valence electrons. The fourth-order valence-electron chi connectivity index (χ4n) is 2.12. The maximum absolute atomic E-state index is 11.8. The molecule has 1 amide bonds. The molecule has 2 rings (SSSR count). The highest BCUT2D eigenvalue weighted by atomic mass is 16.3. The fraction of sp³-hybridized carbons (Fsp3) is 0.429. The van der Waals surface area contributed by atoms with E-state index in [9.17, 15) is 9.90 Å². The van der Waals surface area contributed by atoms with Crippen LogP contribution in [0.3, 0.4) is 0 Å². The maximum Gasteiger partial charge on any atom is 0.222 e. The molecular formula is C14H16N2O2. The molecule has 0 radical (unpaired) electrons. The molecule has 0 aromatic heterocycles.